The van der Waals surface area contributed by atoms with Crippen LogP contribution in [0.25, 0.3) is 0 Å². The van der Waals surface area contributed by atoms with Crippen molar-refractivity contribution in [3.8, 4) is 0 Å². The first-order valence-electron chi connectivity index (χ1n) is 4.83. The standard InChI is InChI=1S/C10H11ClFNO2S/c11-7-10(4-5-10)13-16(14,15)9-3-1-2-8(12)6-9/h1-3,6,13H,4-5,7H2. The monoisotopic (exact) mass is 263 g/mol. The van der Waals surface area contributed by atoms with Crippen LogP contribution < -0.4 is 4.72 Å². The lowest BCUT2D eigenvalue weighted by atomic mass is 10.3. The van der Waals surface area contributed by atoms with Gasteiger partial charge >= 0.3 is 0 Å². The van der Waals surface area contributed by atoms with E-state index in [2.05, 4.69) is 4.72 Å². The molecule has 1 aliphatic carbocycles. The molecule has 0 bridgehead atoms. The minimum absolute atomic E-state index is 0.0658. The molecule has 16 heavy (non-hydrogen) atoms. The summed E-state index contributed by atoms with van der Waals surface area (Å²) < 4.78 is 39.1. The summed E-state index contributed by atoms with van der Waals surface area (Å²) in [6.45, 7) is 0. The van der Waals surface area contributed by atoms with E-state index in [1.807, 2.05) is 0 Å². The molecule has 88 valence electrons. The second-order valence-corrected chi connectivity index (χ2v) is 5.93. The molecule has 1 saturated carbocycles. The van der Waals surface area contributed by atoms with Gasteiger partial charge in [0, 0.05) is 11.4 Å². The van der Waals surface area contributed by atoms with E-state index in [-0.39, 0.29) is 10.8 Å². The molecule has 0 radical (unpaired) electrons. The average Bonchev–Trinajstić information content (AvgIpc) is 2.98. The largest absolute Gasteiger partial charge is 0.241 e. The van der Waals surface area contributed by atoms with E-state index in [1.54, 1.807) is 0 Å². The first-order chi connectivity index (χ1) is 7.47. The Hall–Kier alpha value is -0.650. The van der Waals surface area contributed by atoms with Gasteiger partial charge in [0.15, 0.2) is 0 Å². The van der Waals surface area contributed by atoms with Crippen LogP contribution in [0.4, 0.5) is 4.39 Å². The Morgan fingerprint density at radius 1 is 1.44 bits per heavy atom. The predicted octanol–water partition coefficient (Wildman–Crippen LogP) is 1.88. The van der Waals surface area contributed by atoms with E-state index >= 15 is 0 Å². The lowest BCUT2D eigenvalue weighted by molar-refractivity contribution is 0.557. The third kappa shape index (κ3) is 2.36. The van der Waals surface area contributed by atoms with Gasteiger partial charge in [0.25, 0.3) is 0 Å². The molecule has 0 spiro atoms. The number of rotatable bonds is 4. The molecule has 1 fully saturated rings. The van der Waals surface area contributed by atoms with Gasteiger partial charge in [-0.3, -0.25) is 0 Å². The van der Waals surface area contributed by atoms with E-state index < -0.39 is 21.4 Å². The van der Waals surface area contributed by atoms with Crippen LogP contribution in [0.1, 0.15) is 12.8 Å². The molecule has 0 aromatic heterocycles. The molecule has 0 saturated heterocycles. The van der Waals surface area contributed by atoms with Gasteiger partial charge in [0.05, 0.1) is 4.90 Å². The summed E-state index contributed by atoms with van der Waals surface area (Å²) in [6, 6.07) is 4.92. The highest BCUT2D eigenvalue weighted by Crippen LogP contribution is 2.37. The predicted molar refractivity (Wildman–Crippen MR) is 59.4 cm³/mol. The SMILES string of the molecule is O=S(=O)(NC1(CCl)CC1)c1cccc(F)c1. The molecule has 0 heterocycles. The van der Waals surface area contributed by atoms with Gasteiger partial charge < -0.3 is 0 Å². The summed E-state index contributed by atoms with van der Waals surface area (Å²) >= 11 is 5.68. The molecular formula is C10H11ClFNO2S. The first kappa shape index (κ1) is 11.8. The molecule has 0 unspecified atom stereocenters. The number of hydrogen-bond donors (Lipinski definition) is 1. The van der Waals surface area contributed by atoms with Gasteiger partial charge in [-0.05, 0) is 31.0 Å². The zero-order valence-corrected chi connectivity index (χ0v) is 9.98. The highest BCUT2D eigenvalue weighted by Gasteiger charge is 2.45. The minimum atomic E-state index is -3.66. The minimum Gasteiger partial charge on any atom is -0.207 e. The van der Waals surface area contributed by atoms with Crippen LogP contribution in [0.5, 0.6) is 0 Å². The second kappa shape index (κ2) is 3.98. The molecule has 1 N–H and O–H groups in total. The quantitative estimate of drug-likeness (QED) is 0.843. The third-order valence-electron chi connectivity index (χ3n) is 2.57. The van der Waals surface area contributed by atoms with E-state index in [1.165, 1.54) is 18.2 Å². The maximum absolute atomic E-state index is 12.9. The molecule has 6 heteroatoms. The normalized spacial score (nSPS) is 18.4. The van der Waals surface area contributed by atoms with Gasteiger partial charge in [0.1, 0.15) is 5.82 Å². The molecule has 1 aromatic carbocycles. The number of benzene rings is 1. The van der Waals surface area contributed by atoms with Crippen molar-refractivity contribution < 1.29 is 12.8 Å². The Labute approximate surface area is 98.7 Å². The number of sulfonamides is 1. The molecule has 3 nitrogen and oxygen atoms in total. The second-order valence-electron chi connectivity index (χ2n) is 3.98. The summed E-state index contributed by atoms with van der Waals surface area (Å²) in [4.78, 5) is -0.0658. The fraction of sp³-hybridized carbons (Fsp3) is 0.400. The molecule has 0 aliphatic heterocycles. The number of hydrogen-bond acceptors (Lipinski definition) is 2. The molecule has 0 amide bonds. The average molecular weight is 264 g/mol. The zero-order chi connectivity index (χ0) is 11.8. The van der Waals surface area contributed by atoms with Crippen LogP contribution >= 0.6 is 11.6 Å². The third-order valence-corrected chi connectivity index (χ3v) is 4.65. The zero-order valence-electron chi connectivity index (χ0n) is 8.41. The van der Waals surface area contributed by atoms with Crippen LogP contribution in [0.3, 0.4) is 0 Å². The van der Waals surface area contributed by atoms with Crippen LogP contribution in [0.15, 0.2) is 29.2 Å². The van der Waals surface area contributed by atoms with Crippen molar-refractivity contribution in [3.05, 3.63) is 30.1 Å². The van der Waals surface area contributed by atoms with Gasteiger partial charge in [-0.2, -0.15) is 0 Å². The van der Waals surface area contributed by atoms with E-state index in [9.17, 15) is 12.8 Å². The van der Waals surface area contributed by atoms with Crippen molar-refractivity contribution in [2.75, 3.05) is 5.88 Å². The Morgan fingerprint density at radius 3 is 2.62 bits per heavy atom. The highest BCUT2D eigenvalue weighted by molar-refractivity contribution is 7.89. The Kier molecular flexibility index (Phi) is 2.94. The summed E-state index contributed by atoms with van der Waals surface area (Å²) in [5.41, 5.74) is -0.521. The Morgan fingerprint density at radius 2 is 2.12 bits per heavy atom. The van der Waals surface area contributed by atoms with Crippen molar-refractivity contribution in [2.45, 2.75) is 23.3 Å². The van der Waals surface area contributed by atoms with Crippen molar-refractivity contribution in [3.63, 3.8) is 0 Å². The highest BCUT2D eigenvalue weighted by atomic mass is 35.5. The topological polar surface area (TPSA) is 46.2 Å². The van der Waals surface area contributed by atoms with Crippen molar-refractivity contribution >= 4 is 21.6 Å². The lowest BCUT2D eigenvalue weighted by Crippen LogP contribution is -2.38. The number of alkyl halides is 1. The van der Waals surface area contributed by atoms with E-state index in [4.69, 9.17) is 11.6 Å². The van der Waals surface area contributed by atoms with Gasteiger partial charge in [-0.15, -0.1) is 11.6 Å². The van der Waals surface area contributed by atoms with Gasteiger partial charge in [0.2, 0.25) is 10.0 Å². The van der Waals surface area contributed by atoms with Crippen LogP contribution in [0, 0.1) is 5.82 Å². The number of nitrogens with one attached hydrogen (secondary N) is 1. The molecule has 0 atom stereocenters. The number of halogens is 2. The van der Waals surface area contributed by atoms with E-state index in [0.717, 1.165) is 18.9 Å². The van der Waals surface area contributed by atoms with E-state index in [0.29, 0.717) is 0 Å². The Bertz CT molecular complexity index is 499. The summed E-state index contributed by atoms with van der Waals surface area (Å²) in [5, 5.41) is 0. The fourth-order valence-corrected chi connectivity index (χ4v) is 3.29. The van der Waals surface area contributed by atoms with Crippen molar-refractivity contribution in [1.82, 2.24) is 4.72 Å². The smallest absolute Gasteiger partial charge is 0.207 e. The van der Waals surface area contributed by atoms with Crippen LogP contribution in [-0.4, -0.2) is 19.8 Å². The van der Waals surface area contributed by atoms with Crippen LogP contribution in [-0.2, 0) is 10.0 Å². The molecule has 2 rings (SSSR count). The van der Waals surface area contributed by atoms with Crippen molar-refractivity contribution in [2.24, 2.45) is 0 Å². The van der Waals surface area contributed by atoms with Gasteiger partial charge in [-0.25, -0.2) is 17.5 Å². The Balaban J connectivity index is 2.26. The van der Waals surface area contributed by atoms with Crippen molar-refractivity contribution in [1.29, 1.82) is 0 Å². The lowest BCUT2D eigenvalue weighted by Gasteiger charge is -2.14. The maximum Gasteiger partial charge on any atom is 0.241 e. The molecule has 1 aliphatic rings. The van der Waals surface area contributed by atoms with Gasteiger partial charge in [-0.1, -0.05) is 6.07 Å². The summed E-state index contributed by atoms with van der Waals surface area (Å²) in [5.74, 6) is -0.333. The molecule has 1 aromatic rings. The van der Waals surface area contributed by atoms with Crippen LogP contribution in [0.2, 0.25) is 0 Å². The maximum atomic E-state index is 12.9. The molecular weight excluding hydrogens is 253 g/mol. The fourth-order valence-electron chi connectivity index (χ4n) is 1.39. The first-order valence-corrected chi connectivity index (χ1v) is 6.85. The summed E-state index contributed by atoms with van der Waals surface area (Å²) in [6.07, 6.45) is 1.45. The summed E-state index contributed by atoms with van der Waals surface area (Å²) in [7, 11) is -3.66.